The minimum absolute atomic E-state index is 0.0375. The Morgan fingerprint density at radius 2 is 2.12 bits per heavy atom. The van der Waals surface area contributed by atoms with Crippen LogP contribution in [0.3, 0.4) is 0 Å². The first-order valence-corrected chi connectivity index (χ1v) is 9.17. The SMILES string of the molecule is CC[C@@H]1CN(CC(=O)NCCOc2ccccc2)CCN1C[C@@H](C)O. The second-order valence-corrected chi connectivity index (χ2v) is 6.65. The summed E-state index contributed by atoms with van der Waals surface area (Å²) in [6.07, 6.45) is 0.712. The van der Waals surface area contributed by atoms with Gasteiger partial charge in [0.15, 0.2) is 0 Å². The number of nitrogens with one attached hydrogen (secondary N) is 1. The summed E-state index contributed by atoms with van der Waals surface area (Å²) in [4.78, 5) is 16.6. The summed E-state index contributed by atoms with van der Waals surface area (Å²) in [6.45, 7) is 8.71. The number of aliphatic hydroxyl groups excluding tert-OH is 1. The predicted octanol–water partition coefficient (Wildman–Crippen LogP) is 0.959. The fraction of sp³-hybridized carbons (Fsp3) is 0.632. The zero-order valence-electron chi connectivity index (χ0n) is 15.4. The number of ether oxygens (including phenoxy) is 1. The Kier molecular flexibility index (Phi) is 8.18. The van der Waals surface area contributed by atoms with E-state index in [1.165, 1.54) is 0 Å². The first-order chi connectivity index (χ1) is 12.1. The highest BCUT2D eigenvalue weighted by Crippen LogP contribution is 2.13. The number of rotatable bonds is 9. The van der Waals surface area contributed by atoms with Gasteiger partial charge in [0.1, 0.15) is 12.4 Å². The number of benzene rings is 1. The fourth-order valence-electron chi connectivity index (χ4n) is 3.20. The van der Waals surface area contributed by atoms with Crippen LogP contribution in [0, 0.1) is 0 Å². The minimum atomic E-state index is -0.312. The maximum absolute atomic E-state index is 12.1. The molecule has 0 bridgehead atoms. The van der Waals surface area contributed by atoms with Crippen molar-refractivity contribution >= 4 is 5.91 Å². The maximum atomic E-state index is 12.1. The number of para-hydroxylation sites is 1. The van der Waals surface area contributed by atoms with Gasteiger partial charge in [-0.15, -0.1) is 0 Å². The molecule has 0 aromatic heterocycles. The van der Waals surface area contributed by atoms with Gasteiger partial charge in [-0.25, -0.2) is 0 Å². The number of hydrogen-bond acceptors (Lipinski definition) is 5. The molecule has 1 saturated heterocycles. The number of β-amino-alcohol motifs (C(OH)–C–C–N with tert-alkyl or cyclic N) is 1. The van der Waals surface area contributed by atoms with Crippen LogP contribution in [0.25, 0.3) is 0 Å². The van der Waals surface area contributed by atoms with Crippen molar-refractivity contribution in [1.29, 1.82) is 0 Å². The van der Waals surface area contributed by atoms with Gasteiger partial charge in [0, 0.05) is 32.2 Å². The molecule has 6 heteroatoms. The number of carbonyl (C=O) groups is 1. The molecule has 1 aromatic carbocycles. The Bertz CT molecular complexity index is 510. The molecule has 1 aliphatic heterocycles. The van der Waals surface area contributed by atoms with Gasteiger partial charge in [0.25, 0.3) is 0 Å². The third kappa shape index (κ3) is 7.02. The third-order valence-electron chi connectivity index (χ3n) is 4.46. The summed E-state index contributed by atoms with van der Waals surface area (Å²) in [6, 6.07) is 10.0. The van der Waals surface area contributed by atoms with E-state index in [0.29, 0.717) is 32.3 Å². The number of nitrogens with zero attached hydrogens (tertiary/aromatic N) is 2. The van der Waals surface area contributed by atoms with Gasteiger partial charge in [-0.1, -0.05) is 25.1 Å². The minimum Gasteiger partial charge on any atom is -0.492 e. The van der Waals surface area contributed by atoms with E-state index in [1.807, 2.05) is 37.3 Å². The molecule has 25 heavy (non-hydrogen) atoms. The molecular formula is C19H31N3O3. The first kappa shape index (κ1) is 19.7. The Hall–Kier alpha value is -1.63. The summed E-state index contributed by atoms with van der Waals surface area (Å²) in [5.74, 6) is 0.854. The molecule has 0 saturated carbocycles. The molecule has 6 nitrogen and oxygen atoms in total. The van der Waals surface area contributed by atoms with Crippen molar-refractivity contribution in [2.45, 2.75) is 32.4 Å². The smallest absolute Gasteiger partial charge is 0.234 e. The fourth-order valence-corrected chi connectivity index (χ4v) is 3.20. The monoisotopic (exact) mass is 349 g/mol. The lowest BCUT2D eigenvalue weighted by Gasteiger charge is -2.41. The van der Waals surface area contributed by atoms with Crippen molar-refractivity contribution in [2.24, 2.45) is 0 Å². The summed E-state index contributed by atoms with van der Waals surface area (Å²) in [5.41, 5.74) is 0. The molecule has 2 rings (SSSR count). The summed E-state index contributed by atoms with van der Waals surface area (Å²) < 4.78 is 5.57. The third-order valence-corrected chi connectivity index (χ3v) is 4.46. The normalized spacial score (nSPS) is 20.2. The Morgan fingerprint density at radius 1 is 1.36 bits per heavy atom. The molecule has 0 radical (unpaired) electrons. The molecule has 0 unspecified atom stereocenters. The van der Waals surface area contributed by atoms with Gasteiger partial charge in [0.05, 0.1) is 19.2 Å². The van der Waals surface area contributed by atoms with E-state index in [9.17, 15) is 9.90 Å². The molecule has 140 valence electrons. The molecule has 2 N–H and O–H groups in total. The van der Waals surface area contributed by atoms with Crippen molar-refractivity contribution in [1.82, 2.24) is 15.1 Å². The average Bonchev–Trinajstić information content (AvgIpc) is 2.60. The second-order valence-electron chi connectivity index (χ2n) is 6.65. The largest absolute Gasteiger partial charge is 0.492 e. The van der Waals surface area contributed by atoms with Crippen LogP contribution in [-0.2, 0) is 4.79 Å². The van der Waals surface area contributed by atoms with E-state index in [1.54, 1.807) is 0 Å². The van der Waals surface area contributed by atoms with Crippen LogP contribution in [0.4, 0.5) is 0 Å². The van der Waals surface area contributed by atoms with Crippen LogP contribution in [-0.4, -0.2) is 78.8 Å². The van der Waals surface area contributed by atoms with E-state index < -0.39 is 0 Å². The standard InChI is InChI=1S/C19H31N3O3/c1-3-17-14-21(10-11-22(17)13-16(2)23)15-19(24)20-9-12-25-18-7-5-4-6-8-18/h4-8,16-17,23H,3,9-15H2,1-2H3,(H,20,24)/t16-,17-/m1/s1. The van der Waals surface area contributed by atoms with Gasteiger partial charge in [0.2, 0.25) is 5.91 Å². The molecule has 1 aliphatic rings. The maximum Gasteiger partial charge on any atom is 0.234 e. The zero-order chi connectivity index (χ0) is 18.1. The van der Waals surface area contributed by atoms with E-state index in [-0.39, 0.29) is 12.0 Å². The van der Waals surface area contributed by atoms with Crippen LogP contribution >= 0.6 is 0 Å². The number of aliphatic hydroxyl groups is 1. The first-order valence-electron chi connectivity index (χ1n) is 9.17. The molecule has 1 amide bonds. The van der Waals surface area contributed by atoms with E-state index in [2.05, 4.69) is 22.0 Å². The van der Waals surface area contributed by atoms with Gasteiger partial charge in [-0.2, -0.15) is 0 Å². The van der Waals surface area contributed by atoms with E-state index in [0.717, 1.165) is 31.8 Å². The summed E-state index contributed by atoms with van der Waals surface area (Å²) >= 11 is 0. The highest BCUT2D eigenvalue weighted by Gasteiger charge is 2.27. The highest BCUT2D eigenvalue weighted by molar-refractivity contribution is 5.78. The predicted molar refractivity (Wildman–Crippen MR) is 98.7 cm³/mol. The van der Waals surface area contributed by atoms with Crippen molar-refractivity contribution in [3.8, 4) is 5.75 Å². The average molecular weight is 349 g/mol. The van der Waals surface area contributed by atoms with Gasteiger partial charge < -0.3 is 15.2 Å². The summed E-state index contributed by atoms with van der Waals surface area (Å²) in [5, 5.41) is 12.5. The Morgan fingerprint density at radius 3 is 2.80 bits per heavy atom. The van der Waals surface area contributed by atoms with Crippen LogP contribution in [0.1, 0.15) is 20.3 Å². The van der Waals surface area contributed by atoms with Gasteiger partial charge in [-0.3, -0.25) is 14.6 Å². The van der Waals surface area contributed by atoms with Crippen molar-refractivity contribution < 1.29 is 14.6 Å². The van der Waals surface area contributed by atoms with Crippen LogP contribution in [0.2, 0.25) is 0 Å². The topological polar surface area (TPSA) is 65.0 Å². The lowest BCUT2D eigenvalue weighted by atomic mass is 10.1. The van der Waals surface area contributed by atoms with Crippen LogP contribution in [0.15, 0.2) is 30.3 Å². The van der Waals surface area contributed by atoms with Gasteiger partial charge >= 0.3 is 0 Å². The van der Waals surface area contributed by atoms with Gasteiger partial charge in [-0.05, 0) is 25.5 Å². The zero-order valence-corrected chi connectivity index (χ0v) is 15.4. The lowest BCUT2D eigenvalue weighted by molar-refractivity contribution is -0.123. The Labute approximate surface area is 150 Å². The molecule has 2 atom stereocenters. The molecule has 0 aliphatic carbocycles. The van der Waals surface area contributed by atoms with Crippen molar-refractivity contribution in [2.75, 3.05) is 45.9 Å². The molecular weight excluding hydrogens is 318 g/mol. The van der Waals surface area contributed by atoms with E-state index in [4.69, 9.17) is 4.74 Å². The van der Waals surface area contributed by atoms with Crippen molar-refractivity contribution in [3.63, 3.8) is 0 Å². The number of amides is 1. The molecule has 1 heterocycles. The number of piperazine rings is 1. The van der Waals surface area contributed by atoms with E-state index >= 15 is 0 Å². The molecule has 1 aromatic rings. The highest BCUT2D eigenvalue weighted by atomic mass is 16.5. The molecule has 0 spiro atoms. The van der Waals surface area contributed by atoms with Crippen LogP contribution < -0.4 is 10.1 Å². The number of carbonyl (C=O) groups excluding carboxylic acids is 1. The quantitative estimate of drug-likeness (QED) is 0.650. The van der Waals surface area contributed by atoms with Crippen molar-refractivity contribution in [3.05, 3.63) is 30.3 Å². The molecule has 1 fully saturated rings. The summed E-state index contributed by atoms with van der Waals surface area (Å²) in [7, 11) is 0. The van der Waals surface area contributed by atoms with Crippen LogP contribution in [0.5, 0.6) is 5.75 Å². The number of hydrogen-bond donors (Lipinski definition) is 2. The Balaban J connectivity index is 1.65. The second kappa shape index (κ2) is 10.4. The lowest BCUT2D eigenvalue weighted by Crippen LogP contribution is -2.56.